The van der Waals surface area contributed by atoms with Gasteiger partial charge in [-0.3, -0.25) is 9.59 Å². The summed E-state index contributed by atoms with van der Waals surface area (Å²) < 4.78 is 5.13. The van der Waals surface area contributed by atoms with Gasteiger partial charge in [-0.15, -0.1) is 0 Å². The molecule has 0 bridgehead atoms. The molecule has 1 heterocycles. The molecule has 0 saturated carbocycles. The minimum absolute atomic E-state index is 0.174. The lowest BCUT2D eigenvalue weighted by atomic mass is 10.1. The average Bonchev–Trinajstić information content (AvgIpc) is 2.65. The van der Waals surface area contributed by atoms with Crippen LogP contribution in [0.5, 0.6) is 0 Å². The lowest BCUT2D eigenvalue weighted by Gasteiger charge is -2.22. The van der Waals surface area contributed by atoms with E-state index in [9.17, 15) is 9.59 Å². The number of amides is 1. The van der Waals surface area contributed by atoms with E-state index in [1.54, 1.807) is 36.3 Å². The third-order valence-corrected chi connectivity index (χ3v) is 4.64. The number of hydrogen-bond donors (Lipinski definition) is 1. The third-order valence-electron chi connectivity index (χ3n) is 4.38. The fraction of sp³-hybridized carbons (Fsp3) is 0.238. The van der Waals surface area contributed by atoms with Gasteiger partial charge in [-0.2, -0.15) is 0 Å². The van der Waals surface area contributed by atoms with Crippen molar-refractivity contribution in [3.05, 3.63) is 80.6 Å². The number of aromatic amines is 1. The van der Waals surface area contributed by atoms with E-state index in [0.29, 0.717) is 29.3 Å². The second-order valence-electron chi connectivity index (χ2n) is 6.44. The van der Waals surface area contributed by atoms with Crippen LogP contribution < -0.4 is 5.56 Å². The third kappa shape index (κ3) is 4.56. The topological polar surface area (TPSA) is 62.4 Å². The van der Waals surface area contributed by atoms with Gasteiger partial charge in [0.05, 0.1) is 13.2 Å². The zero-order valence-corrected chi connectivity index (χ0v) is 16.0. The molecule has 0 unspecified atom stereocenters. The van der Waals surface area contributed by atoms with Gasteiger partial charge in [-0.25, -0.2) is 0 Å². The smallest absolute Gasteiger partial charge is 0.254 e. The van der Waals surface area contributed by atoms with Gasteiger partial charge < -0.3 is 14.6 Å². The van der Waals surface area contributed by atoms with E-state index >= 15 is 0 Å². The molecule has 1 amide bonds. The molecule has 2 aromatic carbocycles. The number of pyridine rings is 1. The molecule has 6 heteroatoms. The number of H-pyrrole nitrogens is 1. The van der Waals surface area contributed by atoms with Gasteiger partial charge in [0.2, 0.25) is 0 Å². The zero-order valence-electron chi connectivity index (χ0n) is 15.3. The van der Waals surface area contributed by atoms with Crippen molar-refractivity contribution in [2.75, 3.05) is 20.3 Å². The molecule has 0 aliphatic heterocycles. The van der Waals surface area contributed by atoms with Crippen molar-refractivity contribution in [2.45, 2.75) is 13.5 Å². The van der Waals surface area contributed by atoms with Crippen molar-refractivity contribution >= 4 is 28.4 Å². The lowest BCUT2D eigenvalue weighted by Crippen LogP contribution is -2.35. The highest BCUT2D eigenvalue weighted by atomic mass is 35.5. The Bertz CT molecular complexity index is 1010. The summed E-state index contributed by atoms with van der Waals surface area (Å²) in [5, 5.41) is 1.50. The number of methoxy groups -OCH3 is 1. The molecule has 0 aliphatic carbocycles. The maximum atomic E-state index is 12.9. The Labute approximate surface area is 162 Å². The Morgan fingerprint density at radius 1 is 1.15 bits per heavy atom. The van der Waals surface area contributed by atoms with E-state index in [2.05, 4.69) is 4.98 Å². The van der Waals surface area contributed by atoms with E-state index in [0.717, 1.165) is 16.5 Å². The Morgan fingerprint density at radius 3 is 2.59 bits per heavy atom. The number of benzene rings is 2. The number of nitrogens with zero attached hydrogens (tertiary/aromatic N) is 1. The molecule has 0 saturated heterocycles. The second kappa shape index (κ2) is 8.37. The van der Waals surface area contributed by atoms with E-state index < -0.39 is 0 Å². The predicted molar refractivity (Wildman–Crippen MR) is 107 cm³/mol. The maximum absolute atomic E-state index is 12.9. The molecule has 0 atom stereocenters. The van der Waals surface area contributed by atoms with Gasteiger partial charge in [0.1, 0.15) is 0 Å². The number of rotatable bonds is 6. The number of carbonyl (C=O) groups is 1. The molecule has 3 aromatic rings. The number of aryl methyl sites for hydroxylation is 1. The van der Waals surface area contributed by atoms with Crippen LogP contribution in [0.4, 0.5) is 0 Å². The highest BCUT2D eigenvalue weighted by Gasteiger charge is 2.18. The first-order valence-corrected chi connectivity index (χ1v) is 9.02. The highest BCUT2D eigenvalue weighted by Crippen LogP contribution is 2.16. The van der Waals surface area contributed by atoms with Gasteiger partial charge in [0, 0.05) is 35.3 Å². The summed E-state index contributed by atoms with van der Waals surface area (Å²) in [6.45, 7) is 2.93. The van der Waals surface area contributed by atoms with E-state index in [1.807, 2.05) is 31.2 Å². The Hall–Kier alpha value is -2.63. The van der Waals surface area contributed by atoms with Crippen LogP contribution in [-0.2, 0) is 11.3 Å². The molecule has 1 N–H and O–H groups in total. The Kier molecular flexibility index (Phi) is 5.94. The zero-order chi connectivity index (χ0) is 19.4. The van der Waals surface area contributed by atoms with Crippen LogP contribution in [0, 0.1) is 6.92 Å². The number of ether oxygens (including phenoxy) is 1. The molecule has 0 radical (unpaired) electrons. The lowest BCUT2D eigenvalue weighted by molar-refractivity contribution is 0.0680. The van der Waals surface area contributed by atoms with Crippen molar-refractivity contribution in [1.82, 2.24) is 9.88 Å². The molecular formula is C21H21ClN2O3. The molecular weight excluding hydrogens is 364 g/mol. The summed E-state index contributed by atoms with van der Waals surface area (Å²) >= 11 is 5.91. The molecule has 5 nitrogen and oxygen atoms in total. The van der Waals surface area contributed by atoms with Crippen LogP contribution >= 0.6 is 11.6 Å². The molecule has 3 rings (SSSR count). The van der Waals surface area contributed by atoms with Crippen molar-refractivity contribution in [3.8, 4) is 0 Å². The molecule has 0 spiro atoms. The van der Waals surface area contributed by atoms with Crippen LogP contribution in [0.15, 0.2) is 53.3 Å². The second-order valence-corrected chi connectivity index (χ2v) is 6.88. The molecule has 1 aromatic heterocycles. The molecule has 27 heavy (non-hydrogen) atoms. The van der Waals surface area contributed by atoms with Crippen LogP contribution in [0.25, 0.3) is 10.9 Å². The number of fused-ring (bicyclic) bond motifs is 1. The monoisotopic (exact) mass is 384 g/mol. The Balaban J connectivity index is 1.92. The molecule has 140 valence electrons. The minimum atomic E-state index is -0.195. The highest BCUT2D eigenvalue weighted by molar-refractivity contribution is 6.30. The van der Waals surface area contributed by atoms with Gasteiger partial charge >= 0.3 is 0 Å². The first-order valence-electron chi connectivity index (χ1n) is 8.64. The van der Waals surface area contributed by atoms with Crippen molar-refractivity contribution < 1.29 is 9.53 Å². The Morgan fingerprint density at radius 2 is 1.89 bits per heavy atom. The van der Waals surface area contributed by atoms with Gasteiger partial charge in [-0.1, -0.05) is 23.7 Å². The number of hydrogen-bond acceptors (Lipinski definition) is 3. The van der Waals surface area contributed by atoms with Crippen LogP contribution in [0.1, 0.15) is 21.5 Å². The summed E-state index contributed by atoms with van der Waals surface area (Å²) in [6, 6.07) is 14.4. The van der Waals surface area contributed by atoms with E-state index in [4.69, 9.17) is 16.3 Å². The number of nitrogens with one attached hydrogen (secondary N) is 1. The van der Waals surface area contributed by atoms with Crippen LogP contribution in [0.3, 0.4) is 0 Å². The van der Waals surface area contributed by atoms with Crippen LogP contribution in [-0.4, -0.2) is 36.1 Å². The summed E-state index contributed by atoms with van der Waals surface area (Å²) in [4.78, 5) is 29.9. The van der Waals surface area contributed by atoms with Gasteiger partial charge in [0.15, 0.2) is 0 Å². The maximum Gasteiger partial charge on any atom is 0.254 e. The number of aromatic nitrogens is 1. The minimum Gasteiger partial charge on any atom is -0.383 e. The van der Waals surface area contributed by atoms with Crippen molar-refractivity contribution in [1.29, 1.82) is 0 Å². The normalized spacial score (nSPS) is 10.9. The summed E-state index contributed by atoms with van der Waals surface area (Å²) in [6.07, 6.45) is 0. The largest absolute Gasteiger partial charge is 0.383 e. The summed E-state index contributed by atoms with van der Waals surface area (Å²) in [5.41, 5.74) is 2.72. The quantitative estimate of drug-likeness (QED) is 0.703. The first-order chi connectivity index (χ1) is 13.0. The predicted octanol–water partition coefficient (Wildman–Crippen LogP) is 3.78. The van der Waals surface area contributed by atoms with E-state index in [1.165, 1.54) is 0 Å². The summed E-state index contributed by atoms with van der Waals surface area (Å²) in [5.74, 6) is -0.174. The fourth-order valence-corrected chi connectivity index (χ4v) is 3.04. The van der Waals surface area contributed by atoms with Gasteiger partial charge in [0.25, 0.3) is 11.5 Å². The average molecular weight is 385 g/mol. The SMILES string of the molecule is COCCN(Cc1cc2ccc(C)cc2[nH]c1=O)C(=O)c1ccc(Cl)cc1. The van der Waals surface area contributed by atoms with Gasteiger partial charge in [-0.05, 0) is 54.3 Å². The number of halogens is 1. The van der Waals surface area contributed by atoms with Crippen molar-refractivity contribution in [2.24, 2.45) is 0 Å². The van der Waals surface area contributed by atoms with E-state index in [-0.39, 0.29) is 18.0 Å². The summed E-state index contributed by atoms with van der Waals surface area (Å²) in [7, 11) is 1.58. The first kappa shape index (κ1) is 19.1. The van der Waals surface area contributed by atoms with Crippen LogP contribution in [0.2, 0.25) is 5.02 Å². The van der Waals surface area contributed by atoms with Crippen molar-refractivity contribution in [3.63, 3.8) is 0 Å². The fourth-order valence-electron chi connectivity index (χ4n) is 2.91. The molecule has 0 aliphatic rings. The standard InChI is InChI=1S/C21H21ClN2O3/c1-14-3-4-16-12-17(20(25)23-19(16)11-14)13-24(9-10-27-2)21(26)15-5-7-18(22)8-6-15/h3-8,11-12H,9-10,13H2,1-2H3,(H,23,25). The molecule has 0 fully saturated rings. The number of carbonyl (C=O) groups excluding carboxylic acids is 1.